The zero-order valence-electron chi connectivity index (χ0n) is 13.5. The summed E-state index contributed by atoms with van der Waals surface area (Å²) in [6.07, 6.45) is 3.82. The maximum absolute atomic E-state index is 5.93. The first-order chi connectivity index (χ1) is 11.8. The molecule has 2 atom stereocenters. The lowest BCUT2D eigenvalue weighted by Gasteiger charge is -2.39. The number of thiazole rings is 1. The Morgan fingerprint density at radius 3 is 2.88 bits per heavy atom. The van der Waals surface area contributed by atoms with Crippen molar-refractivity contribution in [1.82, 2.24) is 15.0 Å². The predicted octanol–water partition coefficient (Wildman–Crippen LogP) is 3.77. The molecule has 0 spiro atoms. The van der Waals surface area contributed by atoms with E-state index in [2.05, 4.69) is 51.0 Å². The van der Waals surface area contributed by atoms with Crippen molar-refractivity contribution in [2.45, 2.75) is 23.4 Å². The number of anilines is 1. The van der Waals surface area contributed by atoms with E-state index in [9.17, 15) is 0 Å². The number of hydrogen-bond donors (Lipinski definition) is 0. The molecule has 0 N–H and O–H groups in total. The lowest BCUT2D eigenvalue weighted by atomic mass is 10.0. The van der Waals surface area contributed by atoms with Crippen LogP contribution in [0.25, 0.3) is 10.3 Å². The summed E-state index contributed by atoms with van der Waals surface area (Å²) in [5.41, 5.74) is 2.02. The van der Waals surface area contributed by atoms with Crippen LogP contribution >= 0.6 is 23.1 Å². The van der Waals surface area contributed by atoms with E-state index in [4.69, 9.17) is 4.74 Å². The van der Waals surface area contributed by atoms with Crippen molar-refractivity contribution in [3.8, 4) is 0 Å². The Labute approximate surface area is 149 Å². The Kier molecular flexibility index (Phi) is 4.39. The number of morpholine rings is 1. The highest BCUT2D eigenvalue weighted by Crippen LogP contribution is 2.37. The van der Waals surface area contributed by atoms with E-state index in [0.29, 0.717) is 6.61 Å². The van der Waals surface area contributed by atoms with Gasteiger partial charge >= 0.3 is 0 Å². The summed E-state index contributed by atoms with van der Waals surface area (Å²) in [6, 6.07) is 10.6. The zero-order valence-corrected chi connectivity index (χ0v) is 15.2. The molecule has 0 bridgehead atoms. The summed E-state index contributed by atoms with van der Waals surface area (Å²) in [6.45, 7) is 3.57. The van der Waals surface area contributed by atoms with Crippen LogP contribution in [0, 0.1) is 0 Å². The van der Waals surface area contributed by atoms with Crippen LogP contribution in [0.4, 0.5) is 5.82 Å². The number of aromatic nitrogens is 3. The first-order valence-corrected chi connectivity index (χ1v) is 9.89. The van der Waals surface area contributed by atoms with Crippen molar-refractivity contribution in [2.75, 3.05) is 24.3 Å². The Morgan fingerprint density at radius 1 is 1.25 bits per heavy atom. The molecule has 1 aliphatic rings. The van der Waals surface area contributed by atoms with E-state index in [0.717, 1.165) is 27.0 Å². The van der Waals surface area contributed by atoms with Gasteiger partial charge in [0.15, 0.2) is 15.8 Å². The molecule has 0 saturated carbocycles. The fraction of sp³-hybridized carbons (Fsp3) is 0.353. The van der Waals surface area contributed by atoms with E-state index in [1.807, 2.05) is 12.3 Å². The minimum Gasteiger partial charge on any atom is -0.374 e. The molecule has 0 amide bonds. The molecule has 124 valence electrons. The fourth-order valence-electron chi connectivity index (χ4n) is 3.00. The third-order valence-electron chi connectivity index (χ3n) is 4.15. The zero-order chi connectivity index (χ0) is 16.5. The van der Waals surface area contributed by atoms with Crippen LogP contribution in [0.1, 0.15) is 18.5 Å². The van der Waals surface area contributed by atoms with Gasteiger partial charge in [-0.05, 0) is 18.7 Å². The Balaban J connectivity index is 1.81. The molecule has 3 aromatic rings. The van der Waals surface area contributed by atoms with Crippen LogP contribution in [0.3, 0.4) is 0 Å². The van der Waals surface area contributed by atoms with Gasteiger partial charge in [0.2, 0.25) is 0 Å². The fourth-order valence-corrected chi connectivity index (χ4v) is 4.52. The molecule has 4 rings (SSSR count). The molecular weight excluding hydrogens is 340 g/mol. The summed E-state index contributed by atoms with van der Waals surface area (Å²) in [7, 11) is 0. The van der Waals surface area contributed by atoms with Gasteiger partial charge in [0.1, 0.15) is 11.0 Å². The second-order valence-electron chi connectivity index (χ2n) is 5.76. The highest BCUT2D eigenvalue weighted by Gasteiger charge is 2.31. The first kappa shape index (κ1) is 15.8. The molecule has 7 heteroatoms. The number of rotatable bonds is 3. The second-order valence-corrected chi connectivity index (χ2v) is 7.81. The number of thioether (sulfide) groups is 1. The van der Waals surface area contributed by atoms with Gasteiger partial charge in [0.25, 0.3) is 0 Å². The first-order valence-electron chi connectivity index (χ1n) is 7.85. The van der Waals surface area contributed by atoms with Gasteiger partial charge in [0.05, 0.1) is 18.8 Å². The molecule has 2 unspecified atom stereocenters. The standard InChI is InChI=1S/C17H18N4OS2/c1-11-8-21(13(9-22-11)12-6-4-3-5-7-12)16-14-15(18-10-19-16)20-17(23-2)24-14/h3-7,10-11,13H,8-9H2,1-2H3. The average molecular weight is 358 g/mol. The largest absolute Gasteiger partial charge is 0.374 e. The lowest BCUT2D eigenvalue weighted by molar-refractivity contribution is 0.0301. The van der Waals surface area contributed by atoms with Crippen molar-refractivity contribution in [3.63, 3.8) is 0 Å². The van der Waals surface area contributed by atoms with Gasteiger partial charge in [-0.1, -0.05) is 42.1 Å². The smallest absolute Gasteiger partial charge is 0.176 e. The minimum atomic E-state index is 0.153. The van der Waals surface area contributed by atoms with E-state index in [1.54, 1.807) is 29.4 Å². The predicted molar refractivity (Wildman–Crippen MR) is 98.9 cm³/mol. The topological polar surface area (TPSA) is 51.1 Å². The van der Waals surface area contributed by atoms with Gasteiger partial charge in [-0.25, -0.2) is 15.0 Å². The van der Waals surface area contributed by atoms with Gasteiger partial charge in [-0.2, -0.15) is 0 Å². The highest BCUT2D eigenvalue weighted by molar-refractivity contribution is 8.00. The van der Waals surface area contributed by atoms with Gasteiger partial charge in [-0.15, -0.1) is 11.3 Å². The third kappa shape index (κ3) is 2.87. The molecule has 1 saturated heterocycles. The molecule has 1 aliphatic heterocycles. The van der Waals surface area contributed by atoms with E-state index in [1.165, 1.54) is 5.56 Å². The van der Waals surface area contributed by atoms with E-state index < -0.39 is 0 Å². The third-order valence-corrected chi connectivity index (χ3v) is 6.18. The van der Waals surface area contributed by atoms with Crippen LogP contribution in [-0.2, 0) is 4.74 Å². The van der Waals surface area contributed by atoms with E-state index in [-0.39, 0.29) is 12.1 Å². The monoisotopic (exact) mass is 358 g/mol. The van der Waals surface area contributed by atoms with Gasteiger partial charge in [0, 0.05) is 6.54 Å². The number of hydrogen-bond acceptors (Lipinski definition) is 7. The number of fused-ring (bicyclic) bond motifs is 1. The van der Waals surface area contributed by atoms with Crippen molar-refractivity contribution < 1.29 is 4.74 Å². The summed E-state index contributed by atoms with van der Waals surface area (Å²) >= 11 is 3.30. The highest BCUT2D eigenvalue weighted by atomic mass is 32.2. The van der Waals surface area contributed by atoms with Crippen LogP contribution in [0.15, 0.2) is 41.0 Å². The second kappa shape index (κ2) is 6.66. The molecule has 3 heterocycles. The molecule has 24 heavy (non-hydrogen) atoms. The van der Waals surface area contributed by atoms with E-state index >= 15 is 0 Å². The Hall–Kier alpha value is -1.70. The van der Waals surface area contributed by atoms with Crippen LogP contribution in [-0.4, -0.2) is 40.5 Å². The number of ether oxygens (including phenoxy) is 1. The van der Waals surface area contributed by atoms with Crippen molar-refractivity contribution >= 4 is 39.3 Å². The summed E-state index contributed by atoms with van der Waals surface area (Å²) in [5.74, 6) is 0.960. The maximum atomic E-state index is 5.93. The van der Waals surface area contributed by atoms with Crippen LogP contribution < -0.4 is 4.90 Å². The van der Waals surface area contributed by atoms with Gasteiger partial charge in [-0.3, -0.25) is 0 Å². The van der Waals surface area contributed by atoms with Crippen molar-refractivity contribution in [2.24, 2.45) is 0 Å². The SMILES string of the molecule is CSc1nc2ncnc(N3CC(C)OCC3c3ccccc3)c2s1. The Bertz CT molecular complexity index is 839. The molecule has 0 aliphatic carbocycles. The number of nitrogens with zero attached hydrogens (tertiary/aromatic N) is 4. The number of benzene rings is 1. The maximum Gasteiger partial charge on any atom is 0.176 e. The van der Waals surface area contributed by atoms with Crippen LogP contribution in [0.5, 0.6) is 0 Å². The normalized spacial score (nSPS) is 21.3. The summed E-state index contributed by atoms with van der Waals surface area (Å²) < 4.78 is 8.00. The molecule has 5 nitrogen and oxygen atoms in total. The van der Waals surface area contributed by atoms with Crippen molar-refractivity contribution in [1.29, 1.82) is 0 Å². The summed E-state index contributed by atoms with van der Waals surface area (Å²) in [4.78, 5) is 15.9. The molecular formula is C17H18N4OS2. The van der Waals surface area contributed by atoms with Crippen LogP contribution in [0.2, 0.25) is 0 Å². The van der Waals surface area contributed by atoms with Gasteiger partial charge < -0.3 is 9.64 Å². The molecule has 1 aromatic carbocycles. The summed E-state index contributed by atoms with van der Waals surface area (Å²) in [5, 5.41) is 0. The average Bonchev–Trinajstić information content (AvgIpc) is 3.05. The Morgan fingerprint density at radius 2 is 2.08 bits per heavy atom. The quantitative estimate of drug-likeness (QED) is 0.664. The molecule has 1 fully saturated rings. The molecule has 0 radical (unpaired) electrons. The van der Waals surface area contributed by atoms with Crippen molar-refractivity contribution in [3.05, 3.63) is 42.2 Å². The lowest BCUT2D eigenvalue weighted by Crippen LogP contribution is -2.44. The minimum absolute atomic E-state index is 0.153. The molecule has 2 aromatic heterocycles.